The summed E-state index contributed by atoms with van der Waals surface area (Å²) < 4.78 is 0. The fourth-order valence-corrected chi connectivity index (χ4v) is 1.77. The van der Waals surface area contributed by atoms with E-state index in [0.717, 1.165) is 0 Å². The molecule has 1 nitrogen and oxygen atoms in total. The van der Waals surface area contributed by atoms with Crippen molar-refractivity contribution in [1.29, 1.82) is 0 Å². The van der Waals surface area contributed by atoms with E-state index >= 15 is 0 Å². The first-order valence-corrected chi connectivity index (χ1v) is 8.14. The van der Waals surface area contributed by atoms with E-state index in [0.29, 0.717) is 0 Å². The highest BCUT2D eigenvalue weighted by molar-refractivity contribution is 5.43. The predicted molar refractivity (Wildman–Crippen MR) is 102 cm³/mol. The zero-order valence-electron chi connectivity index (χ0n) is 15.6. The van der Waals surface area contributed by atoms with Crippen LogP contribution in [0.15, 0.2) is 48.5 Å². The summed E-state index contributed by atoms with van der Waals surface area (Å²) >= 11 is 0. The Morgan fingerprint density at radius 1 is 0.682 bits per heavy atom. The molecule has 2 aromatic rings. The second-order valence-electron chi connectivity index (χ2n) is 6.23. The summed E-state index contributed by atoms with van der Waals surface area (Å²) in [7, 11) is 1.92. The molecule has 122 valence electrons. The lowest BCUT2D eigenvalue weighted by Gasteiger charge is -2.18. The van der Waals surface area contributed by atoms with E-state index in [-0.39, 0.29) is 5.41 Å². The van der Waals surface area contributed by atoms with Crippen LogP contribution in [0.5, 0.6) is 0 Å². The van der Waals surface area contributed by atoms with Crippen molar-refractivity contribution in [3.8, 4) is 0 Å². The first kappa shape index (κ1) is 20.2. The molecule has 0 saturated heterocycles. The van der Waals surface area contributed by atoms with Crippen molar-refractivity contribution >= 4 is 5.69 Å². The molecule has 0 spiro atoms. The van der Waals surface area contributed by atoms with E-state index < -0.39 is 0 Å². The van der Waals surface area contributed by atoms with Gasteiger partial charge in [0.25, 0.3) is 0 Å². The monoisotopic (exact) mass is 299 g/mol. The summed E-state index contributed by atoms with van der Waals surface area (Å²) in [6.07, 6.45) is 0. The molecule has 1 heteroatoms. The van der Waals surface area contributed by atoms with Crippen molar-refractivity contribution in [2.45, 2.75) is 53.9 Å². The van der Waals surface area contributed by atoms with Gasteiger partial charge in [0.1, 0.15) is 0 Å². The zero-order valence-corrected chi connectivity index (χ0v) is 15.6. The maximum atomic E-state index is 3.05. The van der Waals surface area contributed by atoms with Gasteiger partial charge in [0.05, 0.1) is 0 Å². The van der Waals surface area contributed by atoms with Gasteiger partial charge in [-0.25, -0.2) is 0 Å². The Hall–Kier alpha value is -1.76. The highest BCUT2D eigenvalue weighted by atomic mass is 14.8. The quantitative estimate of drug-likeness (QED) is 0.646. The summed E-state index contributed by atoms with van der Waals surface area (Å²) in [6.45, 7) is 14.9. The van der Waals surface area contributed by atoms with Crippen LogP contribution in [0.4, 0.5) is 5.69 Å². The number of aryl methyl sites for hydroxylation is 2. The Bertz CT molecular complexity index is 501. The average molecular weight is 300 g/mol. The maximum Gasteiger partial charge on any atom is 0.0337 e. The van der Waals surface area contributed by atoms with Crippen LogP contribution in [0.2, 0.25) is 0 Å². The van der Waals surface area contributed by atoms with Crippen LogP contribution in [0.3, 0.4) is 0 Å². The third-order valence-electron chi connectivity index (χ3n) is 3.26. The van der Waals surface area contributed by atoms with Gasteiger partial charge in [-0.3, -0.25) is 0 Å². The Morgan fingerprint density at radius 3 is 1.36 bits per heavy atom. The minimum atomic E-state index is 0.285. The highest BCUT2D eigenvalue weighted by Crippen LogP contribution is 2.21. The minimum Gasteiger partial charge on any atom is -0.388 e. The van der Waals surface area contributed by atoms with Crippen LogP contribution >= 0.6 is 0 Å². The lowest BCUT2D eigenvalue weighted by Crippen LogP contribution is -2.10. The lowest BCUT2D eigenvalue weighted by molar-refractivity contribution is 0.590. The van der Waals surface area contributed by atoms with E-state index in [1.807, 2.05) is 20.9 Å². The second kappa shape index (κ2) is 10.0. The molecule has 0 atom stereocenters. The van der Waals surface area contributed by atoms with Gasteiger partial charge in [-0.15, -0.1) is 0 Å². The van der Waals surface area contributed by atoms with Gasteiger partial charge >= 0.3 is 0 Å². The molecule has 0 fully saturated rings. The van der Waals surface area contributed by atoms with E-state index in [1.165, 1.54) is 22.4 Å². The molecular formula is C21H33N. The lowest BCUT2D eigenvalue weighted by atomic mass is 9.87. The molecule has 0 amide bonds. The molecule has 1 N–H and O–H groups in total. The van der Waals surface area contributed by atoms with Crippen LogP contribution in [0, 0.1) is 13.8 Å². The maximum absolute atomic E-state index is 3.05. The van der Waals surface area contributed by atoms with Crippen molar-refractivity contribution in [3.63, 3.8) is 0 Å². The van der Waals surface area contributed by atoms with Crippen LogP contribution in [0.1, 0.15) is 51.3 Å². The molecule has 0 aliphatic heterocycles. The van der Waals surface area contributed by atoms with E-state index in [2.05, 4.69) is 88.5 Å². The van der Waals surface area contributed by atoms with Crippen molar-refractivity contribution < 1.29 is 0 Å². The molecule has 0 aromatic heterocycles. The molecule has 0 saturated carbocycles. The number of rotatable bonds is 1. The van der Waals surface area contributed by atoms with Crippen LogP contribution < -0.4 is 5.32 Å². The SMILES string of the molecule is CC.CNc1ccc(C)cc1.Cc1ccc(C(C)(C)C)cc1. The number of nitrogens with one attached hydrogen (secondary N) is 1. The normalized spacial score (nSPS) is 9.82. The van der Waals surface area contributed by atoms with Gasteiger partial charge in [-0.2, -0.15) is 0 Å². The van der Waals surface area contributed by atoms with Crippen LogP contribution in [0.25, 0.3) is 0 Å². The van der Waals surface area contributed by atoms with E-state index in [1.54, 1.807) is 0 Å². The second-order valence-corrected chi connectivity index (χ2v) is 6.23. The van der Waals surface area contributed by atoms with Crippen molar-refractivity contribution in [2.24, 2.45) is 0 Å². The van der Waals surface area contributed by atoms with Gasteiger partial charge in [0.2, 0.25) is 0 Å². The summed E-state index contributed by atoms with van der Waals surface area (Å²) in [5.41, 5.74) is 5.49. The van der Waals surface area contributed by atoms with Gasteiger partial charge in [0, 0.05) is 12.7 Å². The number of hydrogen-bond donors (Lipinski definition) is 1. The van der Waals surface area contributed by atoms with Crippen LogP contribution in [-0.4, -0.2) is 7.05 Å². The third-order valence-corrected chi connectivity index (χ3v) is 3.26. The Balaban J connectivity index is 0.000000366. The van der Waals surface area contributed by atoms with Crippen molar-refractivity contribution in [2.75, 3.05) is 12.4 Å². The molecule has 0 radical (unpaired) electrons. The average Bonchev–Trinajstić information content (AvgIpc) is 2.50. The first-order chi connectivity index (χ1) is 10.3. The summed E-state index contributed by atoms with van der Waals surface area (Å²) in [5, 5.41) is 3.05. The van der Waals surface area contributed by atoms with E-state index in [9.17, 15) is 0 Å². The predicted octanol–water partition coefficient (Wildman–Crippen LogP) is 6.36. The van der Waals surface area contributed by atoms with Gasteiger partial charge in [0.15, 0.2) is 0 Å². The fourth-order valence-electron chi connectivity index (χ4n) is 1.77. The first-order valence-electron chi connectivity index (χ1n) is 8.14. The third kappa shape index (κ3) is 7.87. The largest absolute Gasteiger partial charge is 0.388 e. The standard InChI is InChI=1S/C11H16.C8H11N.C2H6/c1-9-5-7-10(8-6-9)11(2,3)4;1-7-3-5-8(9-2)6-4-7;1-2/h5-8H,1-4H3;3-6,9H,1-2H3;1-2H3. The summed E-state index contributed by atoms with van der Waals surface area (Å²) in [6, 6.07) is 17.0. The molecule has 0 unspecified atom stereocenters. The minimum absolute atomic E-state index is 0.285. The number of benzene rings is 2. The van der Waals surface area contributed by atoms with Gasteiger partial charge in [-0.05, 0) is 37.0 Å². The Kier molecular flexibility index (Phi) is 9.24. The number of hydrogen-bond acceptors (Lipinski definition) is 1. The van der Waals surface area contributed by atoms with Crippen LogP contribution in [-0.2, 0) is 5.41 Å². The molecule has 22 heavy (non-hydrogen) atoms. The Morgan fingerprint density at radius 2 is 1.05 bits per heavy atom. The molecule has 0 aliphatic carbocycles. The smallest absolute Gasteiger partial charge is 0.0337 e. The number of anilines is 1. The summed E-state index contributed by atoms with van der Waals surface area (Å²) in [5.74, 6) is 0. The highest BCUT2D eigenvalue weighted by Gasteiger charge is 2.11. The van der Waals surface area contributed by atoms with Crippen molar-refractivity contribution in [1.82, 2.24) is 0 Å². The Labute approximate surface area is 137 Å². The van der Waals surface area contributed by atoms with E-state index in [4.69, 9.17) is 0 Å². The molecule has 0 heterocycles. The molecule has 0 aliphatic rings. The van der Waals surface area contributed by atoms with Gasteiger partial charge < -0.3 is 5.32 Å². The molecular weight excluding hydrogens is 266 g/mol. The van der Waals surface area contributed by atoms with Crippen molar-refractivity contribution in [3.05, 3.63) is 65.2 Å². The zero-order chi connectivity index (χ0) is 17.2. The molecule has 2 rings (SSSR count). The molecule has 0 bridgehead atoms. The topological polar surface area (TPSA) is 12.0 Å². The fraction of sp³-hybridized carbons (Fsp3) is 0.429. The molecule has 2 aromatic carbocycles. The van der Waals surface area contributed by atoms with Gasteiger partial charge in [-0.1, -0.05) is 82.1 Å². The summed E-state index contributed by atoms with van der Waals surface area (Å²) in [4.78, 5) is 0.